The monoisotopic (exact) mass is 327 g/mol. The van der Waals surface area contributed by atoms with Gasteiger partial charge < -0.3 is 9.32 Å². The highest BCUT2D eigenvalue weighted by molar-refractivity contribution is 9.10. The van der Waals surface area contributed by atoms with Crippen LogP contribution in [0.15, 0.2) is 8.89 Å². The van der Waals surface area contributed by atoms with Crippen LogP contribution < -0.4 is 0 Å². The Hall–Kier alpha value is -0.770. The standard InChI is InChI=1S/C15H22BrNO2/c1-9(2)17(12-7-5-6-8-12)15(18)13-10(3)19-11(4)14(13)16/h9,12H,5-8H2,1-4H3. The van der Waals surface area contributed by atoms with Gasteiger partial charge in [-0.2, -0.15) is 0 Å². The van der Waals surface area contributed by atoms with E-state index in [1.165, 1.54) is 12.8 Å². The lowest BCUT2D eigenvalue weighted by Crippen LogP contribution is -2.43. The molecule has 1 heterocycles. The van der Waals surface area contributed by atoms with Crippen LogP contribution in [-0.2, 0) is 0 Å². The van der Waals surface area contributed by atoms with Gasteiger partial charge in [-0.1, -0.05) is 12.8 Å². The van der Waals surface area contributed by atoms with E-state index in [9.17, 15) is 4.79 Å². The van der Waals surface area contributed by atoms with E-state index in [1.807, 2.05) is 18.7 Å². The molecule has 1 amide bonds. The van der Waals surface area contributed by atoms with Gasteiger partial charge in [0.25, 0.3) is 5.91 Å². The molecule has 2 rings (SSSR count). The lowest BCUT2D eigenvalue weighted by Gasteiger charge is -2.32. The van der Waals surface area contributed by atoms with E-state index in [0.717, 1.165) is 23.1 Å². The molecule has 0 aliphatic heterocycles. The highest BCUT2D eigenvalue weighted by Gasteiger charge is 2.32. The molecular formula is C15H22BrNO2. The Balaban J connectivity index is 2.33. The molecule has 1 fully saturated rings. The van der Waals surface area contributed by atoms with Crippen molar-refractivity contribution in [3.05, 3.63) is 21.6 Å². The van der Waals surface area contributed by atoms with Crippen molar-refractivity contribution >= 4 is 21.8 Å². The summed E-state index contributed by atoms with van der Waals surface area (Å²) < 4.78 is 6.37. The Morgan fingerprint density at radius 1 is 1.26 bits per heavy atom. The normalized spacial score (nSPS) is 16.3. The molecule has 0 N–H and O–H groups in total. The molecule has 0 unspecified atom stereocenters. The summed E-state index contributed by atoms with van der Waals surface area (Å²) in [6, 6.07) is 0.603. The average molecular weight is 328 g/mol. The number of hydrogen-bond acceptors (Lipinski definition) is 2. The van der Waals surface area contributed by atoms with Crippen molar-refractivity contribution < 1.29 is 9.21 Å². The summed E-state index contributed by atoms with van der Waals surface area (Å²) in [7, 11) is 0. The first kappa shape index (κ1) is 14.6. The van der Waals surface area contributed by atoms with Crippen LogP contribution in [0.1, 0.15) is 61.4 Å². The first-order chi connectivity index (χ1) is 8.93. The molecule has 1 aromatic rings. The average Bonchev–Trinajstić information content (AvgIpc) is 2.89. The van der Waals surface area contributed by atoms with Gasteiger partial charge in [-0.15, -0.1) is 0 Å². The fraction of sp³-hybridized carbons (Fsp3) is 0.667. The predicted molar refractivity (Wildman–Crippen MR) is 79.4 cm³/mol. The van der Waals surface area contributed by atoms with E-state index in [0.29, 0.717) is 17.4 Å². The molecule has 4 heteroatoms. The van der Waals surface area contributed by atoms with Crippen molar-refractivity contribution in [2.75, 3.05) is 0 Å². The van der Waals surface area contributed by atoms with E-state index in [2.05, 4.69) is 29.8 Å². The molecule has 19 heavy (non-hydrogen) atoms. The number of furan rings is 1. The van der Waals surface area contributed by atoms with E-state index >= 15 is 0 Å². The lowest BCUT2D eigenvalue weighted by atomic mass is 10.1. The van der Waals surface area contributed by atoms with E-state index in [1.54, 1.807) is 0 Å². The minimum absolute atomic E-state index is 0.100. The highest BCUT2D eigenvalue weighted by Crippen LogP contribution is 2.32. The van der Waals surface area contributed by atoms with Crippen LogP contribution >= 0.6 is 15.9 Å². The molecule has 1 aliphatic carbocycles. The van der Waals surface area contributed by atoms with Crippen LogP contribution in [-0.4, -0.2) is 22.9 Å². The molecule has 0 radical (unpaired) electrons. The number of carbonyl (C=O) groups is 1. The fourth-order valence-electron chi connectivity index (χ4n) is 3.03. The highest BCUT2D eigenvalue weighted by atomic mass is 79.9. The first-order valence-corrected chi connectivity index (χ1v) is 7.81. The summed E-state index contributed by atoms with van der Waals surface area (Å²) >= 11 is 3.49. The Bertz CT molecular complexity index is 473. The number of carbonyl (C=O) groups excluding carboxylic acids is 1. The second-order valence-electron chi connectivity index (χ2n) is 5.65. The number of nitrogens with zero attached hydrogens (tertiary/aromatic N) is 1. The zero-order chi connectivity index (χ0) is 14.2. The zero-order valence-electron chi connectivity index (χ0n) is 12.1. The maximum absolute atomic E-state index is 12.9. The maximum atomic E-state index is 12.9. The summed E-state index contributed by atoms with van der Waals surface area (Å²) in [5.74, 6) is 1.58. The molecule has 1 saturated carbocycles. The Labute approximate surface area is 123 Å². The molecule has 106 valence electrons. The van der Waals surface area contributed by atoms with Crippen LogP contribution in [0.2, 0.25) is 0 Å². The van der Waals surface area contributed by atoms with Crippen molar-refractivity contribution in [1.82, 2.24) is 4.90 Å². The number of amides is 1. The lowest BCUT2D eigenvalue weighted by molar-refractivity contribution is 0.0611. The number of halogens is 1. The molecule has 0 bridgehead atoms. The quantitative estimate of drug-likeness (QED) is 0.821. The van der Waals surface area contributed by atoms with Gasteiger partial charge in [-0.05, 0) is 56.5 Å². The number of hydrogen-bond donors (Lipinski definition) is 0. The largest absolute Gasteiger partial charge is 0.465 e. The molecule has 0 aromatic carbocycles. The van der Waals surface area contributed by atoms with Gasteiger partial charge in [-0.25, -0.2) is 0 Å². The molecular weight excluding hydrogens is 306 g/mol. The second-order valence-corrected chi connectivity index (χ2v) is 6.44. The smallest absolute Gasteiger partial charge is 0.259 e. The SMILES string of the molecule is Cc1oc(C)c(C(=O)N(C(C)C)C2CCCC2)c1Br. The van der Waals surface area contributed by atoms with Crippen molar-refractivity contribution in [3.8, 4) is 0 Å². The number of rotatable bonds is 3. The Morgan fingerprint density at radius 3 is 2.26 bits per heavy atom. The summed E-state index contributed by atoms with van der Waals surface area (Å²) in [6.45, 7) is 7.92. The van der Waals surface area contributed by atoms with Crippen LogP contribution in [0.5, 0.6) is 0 Å². The summed E-state index contributed by atoms with van der Waals surface area (Å²) in [6.07, 6.45) is 4.70. The van der Waals surface area contributed by atoms with Gasteiger partial charge in [0.1, 0.15) is 11.5 Å². The Kier molecular flexibility index (Phi) is 4.39. The third-order valence-electron chi connectivity index (χ3n) is 3.91. The number of aryl methyl sites for hydroxylation is 2. The molecule has 3 nitrogen and oxygen atoms in total. The van der Waals surface area contributed by atoms with Crippen molar-refractivity contribution in [2.24, 2.45) is 0 Å². The van der Waals surface area contributed by atoms with Gasteiger partial charge in [0, 0.05) is 12.1 Å². The molecule has 0 spiro atoms. The summed E-state index contributed by atoms with van der Waals surface area (Å²) in [5.41, 5.74) is 0.693. The fourth-order valence-corrected chi connectivity index (χ4v) is 3.56. The summed E-state index contributed by atoms with van der Waals surface area (Å²) in [5, 5.41) is 0. The third-order valence-corrected chi connectivity index (χ3v) is 4.86. The van der Waals surface area contributed by atoms with Crippen molar-refractivity contribution in [2.45, 2.75) is 65.5 Å². The molecule has 0 atom stereocenters. The Morgan fingerprint density at radius 2 is 1.84 bits per heavy atom. The maximum Gasteiger partial charge on any atom is 0.259 e. The van der Waals surface area contributed by atoms with Gasteiger partial charge in [0.15, 0.2) is 0 Å². The first-order valence-electron chi connectivity index (χ1n) is 7.01. The van der Waals surface area contributed by atoms with Crippen LogP contribution in [0.4, 0.5) is 0 Å². The van der Waals surface area contributed by atoms with Gasteiger partial charge in [-0.3, -0.25) is 4.79 Å². The minimum atomic E-state index is 0.100. The summed E-state index contributed by atoms with van der Waals surface area (Å²) in [4.78, 5) is 14.9. The van der Waals surface area contributed by atoms with E-state index in [-0.39, 0.29) is 11.9 Å². The van der Waals surface area contributed by atoms with Crippen molar-refractivity contribution in [1.29, 1.82) is 0 Å². The van der Waals surface area contributed by atoms with Gasteiger partial charge in [0.05, 0.1) is 10.0 Å². The van der Waals surface area contributed by atoms with E-state index < -0.39 is 0 Å². The van der Waals surface area contributed by atoms with E-state index in [4.69, 9.17) is 4.42 Å². The third kappa shape index (κ3) is 2.73. The van der Waals surface area contributed by atoms with Gasteiger partial charge >= 0.3 is 0 Å². The minimum Gasteiger partial charge on any atom is -0.465 e. The zero-order valence-corrected chi connectivity index (χ0v) is 13.7. The molecule has 0 saturated heterocycles. The van der Waals surface area contributed by atoms with Crippen molar-refractivity contribution in [3.63, 3.8) is 0 Å². The second kappa shape index (κ2) is 5.70. The molecule has 1 aliphatic rings. The molecule has 1 aromatic heterocycles. The van der Waals surface area contributed by atoms with Gasteiger partial charge in [0.2, 0.25) is 0 Å². The van der Waals surface area contributed by atoms with Crippen LogP contribution in [0.25, 0.3) is 0 Å². The topological polar surface area (TPSA) is 33.5 Å². The van der Waals surface area contributed by atoms with Crippen LogP contribution in [0, 0.1) is 13.8 Å². The predicted octanol–water partition coefficient (Wildman–Crippen LogP) is 4.45. The van der Waals surface area contributed by atoms with Crippen LogP contribution in [0.3, 0.4) is 0 Å².